The Kier molecular flexibility index (Phi) is 6.50. The van der Waals surface area contributed by atoms with Crippen LogP contribution in [0.2, 0.25) is 0 Å². The normalized spacial score (nSPS) is 11.2. The van der Waals surface area contributed by atoms with E-state index in [9.17, 15) is 18.9 Å². The van der Waals surface area contributed by atoms with Gasteiger partial charge in [-0.2, -0.15) is 13.9 Å². The summed E-state index contributed by atoms with van der Waals surface area (Å²) in [5.41, 5.74) is 3.88. The second kappa shape index (κ2) is 8.81. The molecule has 26 heavy (non-hydrogen) atoms. The highest BCUT2D eigenvalue weighted by Crippen LogP contribution is 2.22. The maximum Gasteiger partial charge on any atom is 0.387 e. The van der Waals surface area contributed by atoms with Crippen LogP contribution in [0.1, 0.15) is 12.5 Å². The fraction of sp³-hybridized carbons (Fsp3) is 0.125. The number of nitro groups is 1. The first kappa shape index (κ1) is 19.2. The van der Waals surface area contributed by atoms with Gasteiger partial charge in [0.25, 0.3) is 5.69 Å². The molecule has 136 valence electrons. The van der Waals surface area contributed by atoms with E-state index in [-0.39, 0.29) is 22.2 Å². The Morgan fingerprint density at radius 1 is 1.23 bits per heavy atom. The molecule has 2 aromatic carbocycles. The average Bonchev–Trinajstić information content (AvgIpc) is 2.60. The van der Waals surface area contributed by atoms with Gasteiger partial charge in [0.2, 0.25) is 0 Å². The number of hydrazone groups is 1. The Labute approximate surface area is 152 Å². The monoisotopic (exact) mass is 380 g/mol. The van der Waals surface area contributed by atoms with Gasteiger partial charge < -0.3 is 10.1 Å². The zero-order chi connectivity index (χ0) is 19.1. The van der Waals surface area contributed by atoms with Gasteiger partial charge in [-0.25, -0.2) is 0 Å². The number of halogens is 2. The summed E-state index contributed by atoms with van der Waals surface area (Å²) >= 11 is 5.06. The van der Waals surface area contributed by atoms with Crippen LogP contribution in [0.15, 0.2) is 53.6 Å². The number of nitrogens with zero attached hydrogens (tertiary/aromatic N) is 2. The third kappa shape index (κ3) is 5.45. The first-order valence-electron chi connectivity index (χ1n) is 7.27. The van der Waals surface area contributed by atoms with Crippen molar-refractivity contribution in [1.82, 2.24) is 5.43 Å². The molecule has 0 aliphatic heterocycles. The minimum Gasteiger partial charge on any atom is -0.435 e. The van der Waals surface area contributed by atoms with E-state index in [1.807, 2.05) is 0 Å². The first-order valence-corrected chi connectivity index (χ1v) is 7.67. The minimum absolute atomic E-state index is 0.0399. The van der Waals surface area contributed by atoms with Crippen molar-refractivity contribution in [2.45, 2.75) is 13.5 Å². The number of hydrogen-bond acceptors (Lipinski definition) is 5. The average molecular weight is 380 g/mol. The Hall–Kier alpha value is -3.14. The van der Waals surface area contributed by atoms with Gasteiger partial charge in [0.15, 0.2) is 5.11 Å². The van der Waals surface area contributed by atoms with Crippen molar-refractivity contribution in [1.29, 1.82) is 0 Å². The number of para-hydroxylation sites is 2. The van der Waals surface area contributed by atoms with E-state index in [1.54, 1.807) is 31.2 Å². The lowest BCUT2D eigenvalue weighted by Crippen LogP contribution is -2.25. The predicted molar refractivity (Wildman–Crippen MR) is 97.7 cm³/mol. The highest BCUT2D eigenvalue weighted by molar-refractivity contribution is 7.80. The van der Waals surface area contributed by atoms with Crippen LogP contribution < -0.4 is 15.5 Å². The van der Waals surface area contributed by atoms with Crippen molar-refractivity contribution in [3.05, 3.63) is 64.2 Å². The van der Waals surface area contributed by atoms with E-state index in [1.165, 1.54) is 24.3 Å². The van der Waals surface area contributed by atoms with Crippen LogP contribution >= 0.6 is 12.2 Å². The summed E-state index contributed by atoms with van der Waals surface area (Å²) < 4.78 is 28.5. The Morgan fingerprint density at radius 2 is 1.88 bits per heavy atom. The number of ether oxygens (including phenoxy) is 1. The molecule has 7 nitrogen and oxygen atoms in total. The Morgan fingerprint density at radius 3 is 2.50 bits per heavy atom. The molecule has 10 heteroatoms. The molecule has 2 aromatic rings. The van der Waals surface area contributed by atoms with E-state index < -0.39 is 11.5 Å². The number of benzene rings is 2. The second-order valence-electron chi connectivity index (χ2n) is 4.94. The van der Waals surface area contributed by atoms with Crippen LogP contribution in [0.4, 0.5) is 20.2 Å². The van der Waals surface area contributed by atoms with Crippen molar-refractivity contribution in [3.8, 4) is 5.75 Å². The molecule has 0 aliphatic rings. The van der Waals surface area contributed by atoms with Crippen LogP contribution in [-0.4, -0.2) is 22.4 Å². The smallest absolute Gasteiger partial charge is 0.387 e. The van der Waals surface area contributed by atoms with Gasteiger partial charge in [-0.3, -0.25) is 15.5 Å². The summed E-state index contributed by atoms with van der Waals surface area (Å²) in [6.07, 6.45) is 0. The van der Waals surface area contributed by atoms with E-state index in [0.29, 0.717) is 11.3 Å². The summed E-state index contributed by atoms with van der Waals surface area (Å²) in [5.74, 6) is 0.0399. The largest absolute Gasteiger partial charge is 0.435 e. The summed E-state index contributed by atoms with van der Waals surface area (Å²) in [7, 11) is 0. The van der Waals surface area contributed by atoms with E-state index in [0.717, 1.165) is 0 Å². The van der Waals surface area contributed by atoms with Gasteiger partial charge in [-0.1, -0.05) is 12.1 Å². The van der Waals surface area contributed by atoms with E-state index in [4.69, 9.17) is 12.2 Å². The molecule has 0 bridgehead atoms. The zero-order valence-corrected chi connectivity index (χ0v) is 14.3. The fourth-order valence-electron chi connectivity index (χ4n) is 1.97. The molecule has 0 radical (unpaired) electrons. The van der Waals surface area contributed by atoms with Crippen LogP contribution in [-0.2, 0) is 0 Å². The van der Waals surface area contributed by atoms with Crippen LogP contribution in [0.3, 0.4) is 0 Å². The first-order chi connectivity index (χ1) is 12.4. The summed E-state index contributed by atoms with van der Waals surface area (Å²) in [5, 5.41) is 17.8. The summed E-state index contributed by atoms with van der Waals surface area (Å²) in [6, 6.07) is 12.0. The molecule has 0 aliphatic carbocycles. The van der Waals surface area contributed by atoms with Crippen LogP contribution in [0.25, 0.3) is 0 Å². The molecule has 0 saturated carbocycles. The van der Waals surface area contributed by atoms with Crippen molar-refractivity contribution in [3.63, 3.8) is 0 Å². The third-order valence-electron chi connectivity index (χ3n) is 3.17. The minimum atomic E-state index is -2.89. The van der Waals surface area contributed by atoms with E-state index >= 15 is 0 Å². The van der Waals surface area contributed by atoms with Crippen molar-refractivity contribution >= 4 is 34.4 Å². The van der Waals surface area contributed by atoms with E-state index in [2.05, 4.69) is 20.6 Å². The standard InChI is InChI=1S/C16H14F2N4O3S/c1-10(11-6-8-12(9-7-11)25-15(17)18)20-21-16(26)19-13-4-2-3-5-14(13)22(23)24/h2-9,15H,1H3,(H2,19,21,26)/b20-10-. The highest BCUT2D eigenvalue weighted by atomic mass is 32.1. The van der Waals surface area contributed by atoms with Crippen molar-refractivity contribution in [2.24, 2.45) is 5.10 Å². The number of nitro benzene ring substituents is 1. The molecule has 0 aromatic heterocycles. The van der Waals surface area contributed by atoms with Crippen LogP contribution in [0.5, 0.6) is 5.75 Å². The number of alkyl halides is 2. The lowest BCUT2D eigenvalue weighted by Gasteiger charge is -2.09. The lowest BCUT2D eigenvalue weighted by atomic mass is 10.1. The van der Waals surface area contributed by atoms with Crippen LogP contribution in [0, 0.1) is 10.1 Å². The Balaban J connectivity index is 2.00. The maximum absolute atomic E-state index is 12.1. The third-order valence-corrected chi connectivity index (χ3v) is 3.36. The van der Waals surface area contributed by atoms with Gasteiger partial charge in [-0.15, -0.1) is 0 Å². The number of nitrogens with one attached hydrogen (secondary N) is 2. The van der Waals surface area contributed by atoms with Crippen molar-refractivity contribution in [2.75, 3.05) is 5.32 Å². The Bertz CT molecular complexity index is 828. The van der Waals surface area contributed by atoms with Gasteiger partial charge >= 0.3 is 6.61 Å². The summed E-state index contributed by atoms with van der Waals surface area (Å²) in [4.78, 5) is 10.4. The number of thiocarbonyl (C=S) groups is 1. The molecule has 0 heterocycles. The number of anilines is 1. The quantitative estimate of drug-likeness (QED) is 0.342. The molecule has 0 saturated heterocycles. The molecule has 2 rings (SSSR count). The predicted octanol–water partition coefficient (Wildman–Crippen LogP) is 3.91. The number of rotatable bonds is 6. The molecule has 0 fully saturated rings. The fourth-order valence-corrected chi connectivity index (χ4v) is 2.12. The molecular formula is C16H14F2N4O3S. The maximum atomic E-state index is 12.1. The SMILES string of the molecule is C/C(=N/NC(=S)Nc1ccccc1[N+](=O)[O-])c1ccc(OC(F)F)cc1. The summed E-state index contributed by atoms with van der Waals surface area (Å²) in [6.45, 7) is -1.20. The second-order valence-corrected chi connectivity index (χ2v) is 5.35. The van der Waals surface area contributed by atoms with Gasteiger partial charge in [-0.05, 0) is 55.0 Å². The molecule has 0 spiro atoms. The molecule has 0 amide bonds. The lowest BCUT2D eigenvalue weighted by molar-refractivity contribution is -0.383. The molecule has 0 atom stereocenters. The topological polar surface area (TPSA) is 88.8 Å². The number of hydrogen-bond donors (Lipinski definition) is 2. The molecule has 0 unspecified atom stereocenters. The molecule has 2 N–H and O–H groups in total. The van der Waals surface area contributed by atoms with Crippen molar-refractivity contribution < 1.29 is 18.4 Å². The highest BCUT2D eigenvalue weighted by Gasteiger charge is 2.13. The molecular weight excluding hydrogens is 366 g/mol. The van der Waals surface area contributed by atoms with Gasteiger partial charge in [0.05, 0.1) is 10.6 Å². The van der Waals surface area contributed by atoms with Gasteiger partial charge in [0.1, 0.15) is 11.4 Å². The zero-order valence-electron chi connectivity index (χ0n) is 13.5. The van der Waals surface area contributed by atoms with Gasteiger partial charge in [0, 0.05) is 6.07 Å².